The first-order valence-electron chi connectivity index (χ1n) is 11.6. The number of aromatic nitrogens is 2. The Labute approximate surface area is 239 Å². The fourth-order valence-electron chi connectivity index (χ4n) is 2.57. The van der Waals surface area contributed by atoms with E-state index in [0.717, 1.165) is 0 Å². The first-order valence-corrected chi connectivity index (χ1v) is 15.2. The quantitative estimate of drug-likeness (QED) is 0.267. The van der Waals surface area contributed by atoms with Crippen molar-refractivity contribution in [1.29, 1.82) is 0 Å². The number of hydrogen-bond donors (Lipinski definition) is 0. The fourth-order valence-corrected chi connectivity index (χ4v) is 2.57. The smallest absolute Gasteiger partial charge is 0.172 e. The Kier molecular flexibility index (Phi) is 18.9. The molecule has 224 valence electrons. The first kappa shape index (κ1) is 38.7. The van der Waals surface area contributed by atoms with Gasteiger partial charge < -0.3 is 18.9 Å². The van der Waals surface area contributed by atoms with Gasteiger partial charge in [0.25, 0.3) is 0 Å². The van der Waals surface area contributed by atoms with Crippen LogP contribution in [-0.4, -0.2) is 136 Å². The van der Waals surface area contributed by atoms with E-state index in [1.165, 1.54) is 22.3 Å². The van der Waals surface area contributed by atoms with E-state index in [1.54, 1.807) is 0 Å². The molecule has 2 aromatic rings. The van der Waals surface area contributed by atoms with E-state index in [-0.39, 0.29) is 0 Å². The van der Waals surface area contributed by atoms with Gasteiger partial charge in [-0.05, 0) is 35.4 Å². The molecule has 40 heavy (non-hydrogen) atoms. The molecule has 0 radical (unpaired) electrons. The second-order valence-corrected chi connectivity index (χ2v) is 12.0. The number of nitrogens with zero attached hydrogens (tertiary/aromatic N) is 6. The van der Waals surface area contributed by atoms with Gasteiger partial charge >= 0.3 is 0 Å². The van der Waals surface area contributed by atoms with Crippen LogP contribution in [0.15, 0.2) is 61.5 Å². The molecule has 0 saturated heterocycles. The average molecular weight is 599 g/mol. The van der Waals surface area contributed by atoms with Crippen molar-refractivity contribution in [2.75, 3.05) is 68.9 Å². The molecule has 0 bridgehead atoms. The van der Waals surface area contributed by atoms with Crippen LogP contribution in [-0.2, 0) is 20.2 Å². The highest BCUT2D eigenvalue weighted by molar-refractivity contribution is 7.85. The monoisotopic (exact) mass is 598 g/mol. The van der Waals surface area contributed by atoms with Crippen LogP contribution in [0.3, 0.4) is 0 Å². The van der Waals surface area contributed by atoms with Crippen molar-refractivity contribution >= 4 is 43.8 Å². The third-order valence-electron chi connectivity index (χ3n) is 3.62. The highest BCUT2D eigenvalue weighted by Crippen LogP contribution is 2.11. The molecule has 0 N–H and O–H groups in total. The van der Waals surface area contributed by atoms with E-state index in [4.69, 9.17) is 25.9 Å². The zero-order valence-electron chi connectivity index (χ0n) is 24.9. The van der Waals surface area contributed by atoms with Crippen molar-refractivity contribution < 1.29 is 35.1 Å². The Balaban J connectivity index is 0. The summed E-state index contributed by atoms with van der Waals surface area (Å²) in [5.74, 6) is 0. The van der Waals surface area contributed by atoms with Gasteiger partial charge in [0.1, 0.15) is 28.2 Å². The first-order chi connectivity index (χ1) is 18.2. The zero-order chi connectivity index (χ0) is 31.5. The lowest BCUT2D eigenvalue weighted by Crippen LogP contribution is -2.07. The van der Waals surface area contributed by atoms with Crippen molar-refractivity contribution in [2.45, 2.75) is 0 Å². The maximum absolute atomic E-state index is 9.08. The number of hydrogen-bond acceptors (Lipinski definition) is 10. The maximum atomic E-state index is 9.08. The van der Waals surface area contributed by atoms with E-state index in [0.29, 0.717) is 12.5 Å². The van der Waals surface area contributed by atoms with Crippen molar-refractivity contribution in [3.63, 3.8) is 0 Å². The van der Waals surface area contributed by atoms with E-state index >= 15 is 0 Å². The fraction of sp³-hybridized carbons (Fsp3) is 0.385. The largest absolute Gasteiger partial charge is 0.748 e. The molecule has 0 aliphatic heterocycles. The summed E-state index contributed by atoms with van der Waals surface area (Å²) in [5, 5.41) is 0. The highest BCUT2D eigenvalue weighted by Gasteiger charge is 2.03. The van der Waals surface area contributed by atoms with Crippen LogP contribution in [0.5, 0.6) is 0 Å². The van der Waals surface area contributed by atoms with Gasteiger partial charge in [-0.3, -0.25) is 9.97 Å². The highest BCUT2D eigenvalue weighted by atomic mass is 32.2. The van der Waals surface area contributed by atoms with E-state index in [2.05, 4.69) is 34.8 Å². The Bertz CT molecular complexity index is 1210. The lowest BCUT2D eigenvalue weighted by Gasteiger charge is -2.07. The van der Waals surface area contributed by atoms with Crippen molar-refractivity contribution in [2.24, 2.45) is 0 Å². The predicted octanol–water partition coefficient (Wildman–Crippen LogP) is 0.977. The van der Waals surface area contributed by atoms with E-state index < -0.39 is 20.2 Å². The summed E-state index contributed by atoms with van der Waals surface area (Å²) in [4.78, 5) is 12.1. The summed E-state index contributed by atoms with van der Waals surface area (Å²) >= 11 is 0. The second kappa shape index (κ2) is 19.6. The lowest BCUT2D eigenvalue weighted by atomic mass is 10.1. The summed E-state index contributed by atoms with van der Waals surface area (Å²) in [6, 6.07) is 8.04. The van der Waals surface area contributed by atoms with Crippen LogP contribution in [0.1, 0.15) is 11.1 Å². The van der Waals surface area contributed by atoms with Crippen LogP contribution in [0, 0.1) is 0 Å². The molecule has 0 aliphatic carbocycles. The molecule has 0 aromatic carbocycles. The van der Waals surface area contributed by atoms with Crippen molar-refractivity contribution in [3.8, 4) is 0 Å². The maximum Gasteiger partial charge on any atom is 0.172 e. The second-order valence-electron chi connectivity index (χ2n) is 9.16. The summed E-state index contributed by atoms with van der Waals surface area (Å²) in [7, 11) is 8.32. The van der Waals surface area contributed by atoms with Gasteiger partial charge in [0, 0.05) is 77.9 Å². The molecular formula is C26H42N6O6S2. The molecule has 2 rings (SSSR count). The molecule has 0 atom stereocenters. The standard InChI is InChI=1S/2C12H18N3.2CH4O3S/c2*1-14(2)9-12(10-15(3)4)11-5-7-13-8-6-11;2*1-5(2,3)4/h2*5-10H,1-4H3;2*1H3,(H,2,3,4)/q2*+1;;/p-2. The third kappa shape index (κ3) is 29.1. The van der Waals surface area contributed by atoms with Crippen LogP contribution in [0.25, 0.3) is 11.1 Å². The molecule has 12 nitrogen and oxygen atoms in total. The van der Waals surface area contributed by atoms with Crippen LogP contribution in [0.4, 0.5) is 0 Å². The SMILES string of the molecule is CN(C)C=C(C=[N+](C)C)c1ccncc1.CN(C)C=C(C=[N+](C)C)c1ccncc1.CS(=O)(=O)[O-].CS(=O)(=O)[O-]. The Morgan fingerprint density at radius 2 is 0.875 bits per heavy atom. The summed E-state index contributed by atoms with van der Waals surface area (Å²) in [5.41, 5.74) is 4.69. The molecule has 0 unspecified atom stereocenters. The number of rotatable bonds is 6. The normalized spacial score (nSPS) is 11.2. The van der Waals surface area contributed by atoms with Gasteiger partial charge in [-0.25, -0.2) is 26.0 Å². The van der Waals surface area contributed by atoms with Gasteiger partial charge in [0.2, 0.25) is 0 Å². The Morgan fingerprint density at radius 1 is 0.650 bits per heavy atom. The molecule has 0 spiro atoms. The van der Waals surface area contributed by atoms with Crippen molar-refractivity contribution in [1.82, 2.24) is 19.8 Å². The van der Waals surface area contributed by atoms with Crippen LogP contribution >= 0.6 is 0 Å². The molecule has 0 fully saturated rings. The summed E-state index contributed by atoms with van der Waals surface area (Å²) in [6.07, 6.45) is 16.8. The molecular weight excluding hydrogens is 556 g/mol. The lowest BCUT2D eigenvalue weighted by molar-refractivity contribution is -0.458. The minimum Gasteiger partial charge on any atom is -0.748 e. The molecule has 2 heterocycles. The summed E-state index contributed by atoms with van der Waals surface area (Å²) in [6.45, 7) is 0. The number of pyridine rings is 2. The van der Waals surface area contributed by atoms with Gasteiger partial charge in [-0.1, -0.05) is 0 Å². The minimum atomic E-state index is -3.92. The molecule has 14 heteroatoms. The van der Waals surface area contributed by atoms with Gasteiger partial charge in [-0.2, -0.15) is 0 Å². The van der Waals surface area contributed by atoms with E-state index in [1.807, 2.05) is 124 Å². The molecule has 2 aromatic heterocycles. The van der Waals surface area contributed by atoms with Gasteiger partial charge in [0.05, 0.1) is 31.4 Å². The third-order valence-corrected chi connectivity index (χ3v) is 3.62. The Hall–Kier alpha value is -3.46. The average Bonchev–Trinajstić information content (AvgIpc) is 2.76. The summed E-state index contributed by atoms with van der Waals surface area (Å²) < 4.78 is 58.5. The molecule has 0 aliphatic rings. The van der Waals surface area contributed by atoms with E-state index in [9.17, 15) is 0 Å². The zero-order valence-corrected chi connectivity index (χ0v) is 26.5. The molecule has 0 amide bonds. The van der Waals surface area contributed by atoms with Gasteiger partial charge in [0.15, 0.2) is 12.4 Å². The topological polar surface area (TPSA) is 153 Å². The van der Waals surface area contributed by atoms with Crippen LogP contribution < -0.4 is 0 Å². The van der Waals surface area contributed by atoms with Crippen molar-refractivity contribution in [3.05, 3.63) is 72.6 Å². The molecule has 0 saturated carbocycles. The Morgan fingerprint density at radius 3 is 1.05 bits per heavy atom. The predicted molar refractivity (Wildman–Crippen MR) is 159 cm³/mol. The number of allylic oxidation sites excluding steroid dienone is 2. The van der Waals surface area contributed by atoms with Gasteiger partial charge in [-0.15, -0.1) is 0 Å². The minimum absolute atomic E-state index is 0.604. The van der Waals surface area contributed by atoms with Crippen LogP contribution in [0.2, 0.25) is 0 Å².